The number of rotatable bonds is 5. The molecule has 5 rings (SSSR count). The van der Waals surface area contributed by atoms with Crippen LogP contribution in [0.4, 0.5) is 5.82 Å². The van der Waals surface area contributed by atoms with E-state index in [4.69, 9.17) is 0 Å². The van der Waals surface area contributed by atoms with Crippen molar-refractivity contribution in [2.45, 2.75) is 25.7 Å². The minimum atomic E-state index is 0. The van der Waals surface area contributed by atoms with E-state index in [9.17, 15) is 0 Å². The zero-order chi connectivity index (χ0) is 21.4. The molecule has 1 aromatic carbocycles. The number of fused-ring (bicyclic) bond motifs is 1. The maximum Gasteiger partial charge on any atom is 0.182 e. The number of nitrogens with zero attached hydrogens (tertiary/aromatic N) is 7. The van der Waals surface area contributed by atoms with Gasteiger partial charge in [-0.25, -0.2) is 15.0 Å². The lowest BCUT2D eigenvalue weighted by Gasteiger charge is -2.44. The quantitative estimate of drug-likeness (QED) is 0.520. The first-order chi connectivity index (χ1) is 15.0. The second-order valence-electron chi connectivity index (χ2n) is 8.79. The predicted molar refractivity (Wildman–Crippen MR) is 129 cm³/mol. The van der Waals surface area contributed by atoms with Crippen LogP contribution in [0.3, 0.4) is 0 Å². The number of anilines is 1. The second-order valence-corrected chi connectivity index (χ2v) is 8.79. The van der Waals surface area contributed by atoms with Gasteiger partial charge in [-0.3, -0.25) is 4.68 Å². The van der Waals surface area contributed by atoms with Crippen LogP contribution in [-0.4, -0.2) is 68.3 Å². The molecule has 4 aromatic rings. The first-order valence-corrected chi connectivity index (χ1v) is 10.7. The number of likely N-dealkylation sites (N-methyl/N-ethyl adjacent to an activating group) is 1. The monoisotopic (exact) mass is 432 g/mol. The van der Waals surface area contributed by atoms with E-state index in [1.807, 2.05) is 17.9 Å². The summed E-state index contributed by atoms with van der Waals surface area (Å²) in [6.45, 7) is 2.90. The maximum atomic E-state index is 4.56. The first kappa shape index (κ1) is 22.0. The van der Waals surface area contributed by atoms with Crippen LogP contribution in [0.1, 0.15) is 25.8 Å². The van der Waals surface area contributed by atoms with E-state index in [-0.39, 0.29) is 12.8 Å². The fourth-order valence-corrected chi connectivity index (χ4v) is 4.88. The van der Waals surface area contributed by atoms with Crippen LogP contribution >= 0.6 is 0 Å². The second kappa shape index (κ2) is 8.70. The van der Waals surface area contributed by atoms with Crippen LogP contribution in [0, 0.1) is 0 Å². The molecule has 32 heavy (non-hydrogen) atoms. The van der Waals surface area contributed by atoms with Gasteiger partial charge in [0.2, 0.25) is 0 Å². The standard InChI is InChI=1S/C23H28N8.CH4/c1-29(2)14-23(19-6-4-5-17(11-19)18-12-28-30(3)13-18)7-9-31(10-8-23)22-20-21(25-15-24-20)26-16-27-22;/h4-6,11-13,15-16H,7-10,14H2,1-3H3,(H,24,25,26,27);1H4. The highest BCUT2D eigenvalue weighted by Gasteiger charge is 2.37. The third-order valence-corrected chi connectivity index (χ3v) is 6.36. The average Bonchev–Trinajstić information content (AvgIpc) is 3.43. The molecular weight excluding hydrogens is 400 g/mol. The molecule has 0 radical (unpaired) electrons. The molecule has 1 N–H and O–H groups in total. The molecule has 8 heteroatoms. The van der Waals surface area contributed by atoms with E-state index in [0.717, 1.165) is 55.0 Å². The van der Waals surface area contributed by atoms with Gasteiger partial charge < -0.3 is 14.8 Å². The fourth-order valence-electron chi connectivity index (χ4n) is 4.88. The van der Waals surface area contributed by atoms with Gasteiger partial charge in [-0.15, -0.1) is 0 Å². The molecule has 0 amide bonds. The Hall–Kier alpha value is -3.26. The van der Waals surface area contributed by atoms with Crippen LogP contribution in [0.2, 0.25) is 0 Å². The summed E-state index contributed by atoms with van der Waals surface area (Å²) in [5.41, 5.74) is 5.51. The van der Waals surface area contributed by atoms with Crippen molar-refractivity contribution in [2.24, 2.45) is 7.05 Å². The minimum Gasteiger partial charge on any atom is -0.355 e. The Morgan fingerprint density at radius 1 is 1.09 bits per heavy atom. The Bertz CT molecular complexity index is 1180. The third-order valence-electron chi connectivity index (χ3n) is 6.36. The average molecular weight is 433 g/mol. The molecule has 0 bridgehead atoms. The molecule has 1 aliphatic heterocycles. The number of H-pyrrole nitrogens is 1. The van der Waals surface area contributed by atoms with Crippen LogP contribution in [0.5, 0.6) is 0 Å². The molecule has 0 spiro atoms. The molecular formula is C24H32N8. The number of nitrogens with one attached hydrogen (secondary N) is 1. The van der Waals surface area contributed by atoms with Crippen molar-refractivity contribution < 1.29 is 0 Å². The molecule has 0 aliphatic carbocycles. The van der Waals surface area contributed by atoms with Crippen molar-refractivity contribution in [3.8, 4) is 11.1 Å². The normalized spacial score (nSPS) is 15.8. The van der Waals surface area contributed by atoms with E-state index in [0.29, 0.717) is 0 Å². The summed E-state index contributed by atoms with van der Waals surface area (Å²) < 4.78 is 1.86. The van der Waals surface area contributed by atoms with E-state index in [2.05, 4.69) is 79.4 Å². The zero-order valence-corrected chi connectivity index (χ0v) is 18.3. The molecule has 168 valence electrons. The van der Waals surface area contributed by atoms with Crippen molar-refractivity contribution in [2.75, 3.05) is 38.6 Å². The summed E-state index contributed by atoms with van der Waals surface area (Å²) in [6.07, 6.45) is 9.42. The molecule has 1 aliphatic rings. The van der Waals surface area contributed by atoms with Gasteiger partial charge in [-0.05, 0) is 38.1 Å². The van der Waals surface area contributed by atoms with Gasteiger partial charge >= 0.3 is 0 Å². The minimum absolute atomic E-state index is 0. The maximum absolute atomic E-state index is 4.56. The zero-order valence-electron chi connectivity index (χ0n) is 18.3. The molecule has 1 saturated heterocycles. The summed E-state index contributed by atoms with van der Waals surface area (Å²) in [6, 6.07) is 9.00. The van der Waals surface area contributed by atoms with E-state index in [1.165, 1.54) is 11.1 Å². The Balaban J connectivity index is 0.00000245. The third kappa shape index (κ3) is 3.98. The lowest BCUT2D eigenvalue weighted by molar-refractivity contribution is 0.236. The van der Waals surface area contributed by atoms with E-state index < -0.39 is 0 Å². The lowest BCUT2D eigenvalue weighted by atomic mass is 9.72. The van der Waals surface area contributed by atoms with Gasteiger partial charge in [-0.2, -0.15) is 5.10 Å². The number of benzene rings is 1. The van der Waals surface area contributed by atoms with Gasteiger partial charge in [0.15, 0.2) is 11.5 Å². The lowest BCUT2D eigenvalue weighted by Crippen LogP contribution is -2.48. The van der Waals surface area contributed by atoms with Gasteiger partial charge in [0.05, 0.1) is 12.5 Å². The number of imidazole rings is 1. The molecule has 4 heterocycles. The van der Waals surface area contributed by atoms with Crippen molar-refractivity contribution >= 4 is 17.0 Å². The smallest absolute Gasteiger partial charge is 0.182 e. The topological polar surface area (TPSA) is 78.8 Å². The number of hydrogen-bond acceptors (Lipinski definition) is 6. The number of aromatic amines is 1. The molecule has 0 unspecified atom stereocenters. The molecule has 3 aromatic heterocycles. The molecule has 0 atom stereocenters. The summed E-state index contributed by atoms with van der Waals surface area (Å²) in [5.74, 6) is 0.949. The van der Waals surface area contributed by atoms with Gasteiger partial charge in [-0.1, -0.05) is 31.7 Å². The SMILES string of the molecule is C.CN(C)CC1(c2cccc(-c3cnn(C)c3)c2)CCN(c2ncnc3nc[nH]c23)CC1. The van der Waals surface area contributed by atoms with E-state index >= 15 is 0 Å². The number of piperidine rings is 1. The Morgan fingerprint density at radius 3 is 2.62 bits per heavy atom. The number of hydrogen-bond donors (Lipinski definition) is 1. The Morgan fingerprint density at radius 2 is 1.91 bits per heavy atom. The fraction of sp³-hybridized carbons (Fsp3) is 0.417. The van der Waals surface area contributed by atoms with Crippen LogP contribution < -0.4 is 4.90 Å². The summed E-state index contributed by atoms with van der Waals surface area (Å²) in [5, 5.41) is 4.35. The van der Waals surface area contributed by atoms with E-state index in [1.54, 1.807) is 12.7 Å². The van der Waals surface area contributed by atoms with Crippen LogP contribution in [0.25, 0.3) is 22.3 Å². The van der Waals surface area contributed by atoms with Crippen LogP contribution in [0.15, 0.2) is 49.3 Å². The predicted octanol–water partition coefficient (Wildman–Crippen LogP) is 3.49. The van der Waals surface area contributed by atoms with Crippen molar-refractivity contribution in [3.63, 3.8) is 0 Å². The highest BCUT2D eigenvalue weighted by molar-refractivity contribution is 5.82. The molecule has 0 saturated carbocycles. The highest BCUT2D eigenvalue weighted by atomic mass is 15.2. The van der Waals surface area contributed by atoms with Crippen molar-refractivity contribution in [3.05, 3.63) is 54.9 Å². The molecule has 8 nitrogen and oxygen atoms in total. The number of aromatic nitrogens is 6. The van der Waals surface area contributed by atoms with Crippen LogP contribution in [-0.2, 0) is 12.5 Å². The first-order valence-electron chi connectivity index (χ1n) is 10.7. The Labute approximate surface area is 189 Å². The molecule has 1 fully saturated rings. The summed E-state index contributed by atoms with van der Waals surface area (Å²) in [4.78, 5) is 21.0. The van der Waals surface area contributed by atoms with Crippen molar-refractivity contribution in [1.82, 2.24) is 34.6 Å². The largest absolute Gasteiger partial charge is 0.355 e. The number of aryl methyl sites for hydroxylation is 1. The van der Waals surface area contributed by atoms with Crippen molar-refractivity contribution in [1.29, 1.82) is 0 Å². The Kier molecular flexibility index (Phi) is 5.97. The highest BCUT2D eigenvalue weighted by Crippen LogP contribution is 2.39. The summed E-state index contributed by atoms with van der Waals surface area (Å²) >= 11 is 0. The van der Waals surface area contributed by atoms with Gasteiger partial charge in [0, 0.05) is 43.9 Å². The van der Waals surface area contributed by atoms with Gasteiger partial charge in [0.1, 0.15) is 11.8 Å². The van der Waals surface area contributed by atoms with Gasteiger partial charge in [0.25, 0.3) is 0 Å². The summed E-state index contributed by atoms with van der Waals surface area (Å²) in [7, 11) is 6.29.